The van der Waals surface area contributed by atoms with Crippen molar-refractivity contribution in [2.24, 2.45) is 5.73 Å². The van der Waals surface area contributed by atoms with Crippen LogP contribution >= 0.6 is 0 Å². The van der Waals surface area contributed by atoms with Gasteiger partial charge >= 0.3 is 0 Å². The summed E-state index contributed by atoms with van der Waals surface area (Å²) < 4.78 is 18.4. The number of nitrogens with two attached hydrogens (primary N) is 1. The van der Waals surface area contributed by atoms with E-state index in [1.807, 2.05) is 37.3 Å². The molecule has 0 saturated carbocycles. The predicted molar refractivity (Wildman–Crippen MR) is 70.2 cm³/mol. The van der Waals surface area contributed by atoms with E-state index < -0.39 is 0 Å². The van der Waals surface area contributed by atoms with Gasteiger partial charge < -0.3 is 10.5 Å². The highest BCUT2D eigenvalue weighted by Crippen LogP contribution is 2.23. The lowest BCUT2D eigenvalue weighted by Gasteiger charge is -2.14. The fraction of sp³-hybridized carbons (Fsp3) is 0.200. The van der Waals surface area contributed by atoms with E-state index in [0.717, 1.165) is 22.4 Å². The molecule has 0 spiro atoms. The average Bonchev–Trinajstić information content (AvgIpc) is 2.37. The molecule has 1 atom stereocenters. The van der Waals surface area contributed by atoms with E-state index >= 15 is 0 Å². The van der Waals surface area contributed by atoms with Gasteiger partial charge in [0.05, 0.1) is 13.2 Å². The smallest absolute Gasteiger partial charge is 0.123 e. The zero-order valence-electron chi connectivity index (χ0n) is 10.5. The molecule has 2 N–H and O–H groups in total. The van der Waals surface area contributed by atoms with Crippen molar-refractivity contribution in [1.29, 1.82) is 0 Å². The van der Waals surface area contributed by atoms with E-state index in [2.05, 4.69) is 0 Å². The molecule has 3 heteroatoms. The van der Waals surface area contributed by atoms with Crippen LogP contribution < -0.4 is 10.5 Å². The van der Waals surface area contributed by atoms with E-state index in [-0.39, 0.29) is 11.9 Å². The molecule has 0 aliphatic rings. The number of ether oxygens (including phenoxy) is 1. The van der Waals surface area contributed by atoms with Crippen LogP contribution in [0.1, 0.15) is 22.7 Å². The molecule has 1 unspecified atom stereocenters. The van der Waals surface area contributed by atoms with Crippen molar-refractivity contribution in [2.45, 2.75) is 13.0 Å². The second-order valence-corrected chi connectivity index (χ2v) is 4.31. The highest BCUT2D eigenvalue weighted by atomic mass is 19.1. The monoisotopic (exact) mass is 245 g/mol. The van der Waals surface area contributed by atoms with Gasteiger partial charge in [0.2, 0.25) is 0 Å². The summed E-state index contributed by atoms with van der Waals surface area (Å²) in [5, 5.41) is 0. The topological polar surface area (TPSA) is 35.2 Å². The maximum absolute atomic E-state index is 13.3. The molecule has 0 bridgehead atoms. The lowest BCUT2D eigenvalue weighted by Crippen LogP contribution is -2.12. The van der Waals surface area contributed by atoms with Gasteiger partial charge in [0, 0.05) is 0 Å². The van der Waals surface area contributed by atoms with E-state index in [0.29, 0.717) is 0 Å². The Bertz CT molecular complexity index is 516. The number of hydrogen-bond donors (Lipinski definition) is 1. The van der Waals surface area contributed by atoms with E-state index in [1.165, 1.54) is 12.1 Å². The van der Waals surface area contributed by atoms with Crippen LogP contribution in [0.15, 0.2) is 42.5 Å². The number of rotatable bonds is 3. The van der Waals surface area contributed by atoms with Crippen LogP contribution in [-0.2, 0) is 0 Å². The Kier molecular flexibility index (Phi) is 3.63. The Morgan fingerprint density at radius 2 is 1.72 bits per heavy atom. The third-order valence-corrected chi connectivity index (χ3v) is 2.90. The molecule has 2 nitrogen and oxygen atoms in total. The van der Waals surface area contributed by atoms with Gasteiger partial charge in [-0.05, 0) is 47.9 Å². The third-order valence-electron chi connectivity index (χ3n) is 2.90. The fourth-order valence-electron chi connectivity index (χ4n) is 1.95. The largest absolute Gasteiger partial charge is 0.497 e. The van der Waals surface area contributed by atoms with Crippen molar-refractivity contribution in [3.63, 3.8) is 0 Å². The van der Waals surface area contributed by atoms with Gasteiger partial charge in [-0.15, -0.1) is 0 Å². The number of hydrogen-bond acceptors (Lipinski definition) is 2. The molecular formula is C15H16FNO. The first-order chi connectivity index (χ1) is 8.60. The van der Waals surface area contributed by atoms with Crippen molar-refractivity contribution in [3.8, 4) is 5.75 Å². The SMILES string of the molecule is COc1ccc(C(N)c2cc(C)cc(F)c2)cc1. The van der Waals surface area contributed by atoms with Gasteiger partial charge in [0.15, 0.2) is 0 Å². The molecule has 2 aromatic rings. The normalized spacial score (nSPS) is 12.2. The van der Waals surface area contributed by atoms with E-state index in [1.54, 1.807) is 7.11 Å². The molecule has 0 aliphatic heterocycles. The predicted octanol–water partition coefficient (Wildman–Crippen LogP) is 3.19. The summed E-state index contributed by atoms with van der Waals surface area (Å²) in [6.07, 6.45) is 0. The minimum Gasteiger partial charge on any atom is -0.497 e. The summed E-state index contributed by atoms with van der Waals surface area (Å²) in [4.78, 5) is 0. The Balaban J connectivity index is 2.31. The minimum absolute atomic E-state index is 0.256. The van der Waals surface area contributed by atoms with Crippen molar-refractivity contribution in [3.05, 3.63) is 65.0 Å². The molecule has 2 aromatic carbocycles. The summed E-state index contributed by atoms with van der Waals surface area (Å²) in [5.41, 5.74) is 8.71. The fourth-order valence-corrected chi connectivity index (χ4v) is 1.95. The van der Waals surface area contributed by atoms with Crippen LogP contribution in [0, 0.1) is 12.7 Å². The molecule has 0 saturated heterocycles. The lowest BCUT2D eigenvalue weighted by molar-refractivity contribution is 0.414. The molecule has 0 fully saturated rings. The van der Waals surface area contributed by atoms with Crippen LogP contribution in [0.4, 0.5) is 4.39 Å². The van der Waals surface area contributed by atoms with Crippen molar-refractivity contribution < 1.29 is 9.13 Å². The van der Waals surface area contributed by atoms with Crippen molar-refractivity contribution in [2.75, 3.05) is 7.11 Å². The van der Waals surface area contributed by atoms with Gasteiger partial charge in [-0.3, -0.25) is 0 Å². The molecule has 18 heavy (non-hydrogen) atoms. The highest BCUT2D eigenvalue weighted by Gasteiger charge is 2.10. The highest BCUT2D eigenvalue weighted by molar-refractivity contribution is 5.36. The Morgan fingerprint density at radius 1 is 1.06 bits per heavy atom. The van der Waals surface area contributed by atoms with Crippen LogP contribution in [0.25, 0.3) is 0 Å². The van der Waals surface area contributed by atoms with Crippen LogP contribution in [0.3, 0.4) is 0 Å². The maximum atomic E-state index is 13.3. The van der Waals surface area contributed by atoms with Crippen LogP contribution in [0.2, 0.25) is 0 Å². The average molecular weight is 245 g/mol. The van der Waals surface area contributed by atoms with Crippen LogP contribution in [0.5, 0.6) is 5.75 Å². The summed E-state index contributed by atoms with van der Waals surface area (Å²) in [5.74, 6) is 0.523. The van der Waals surface area contributed by atoms with E-state index in [4.69, 9.17) is 10.5 Å². The van der Waals surface area contributed by atoms with Crippen molar-refractivity contribution >= 4 is 0 Å². The lowest BCUT2D eigenvalue weighted by atomic mass is 9.98. The zero-order chi connectivity index (χ0) is 13.1. The van der Waals surface area contributed by atoms with Gasteiger partial charge in [0.1, 0.15) is 11.6 Å². The third kappa shape index (κ3) is 2.68. The molecule has 0 heterocycles. The van der Waals surface area contributed by atoms with Crippen LogP contribution in [-0.4, -0.2) is 7.11 Å². The number of methoxy groups -OCH3 is 1. The molecule has 0 amide bonds. The Morgan fingerprint density at radius 3 is 2.28 bits per heavy atom. The molecular weight excluding hydrogens is 229 g/mol. The maximum Gasteiger partial charge on any atom is 0.123 e. The molecule has 0 aromatic heterocycles. The van der Waals surface area contributed by atoms with E-state index in [9.17, 15) is 4.39 Å². The van der Waals surface area contributed by atoms with Gasteiger partial charge in [-0.25, -0.2) is 4.39 Å². The summed E-state index contributed by atoms with van der Waals surface area (Å²) in [7, 11) is 1.62. The molecule has 2 rings (SSSR count). The molecule has 0 aliphatic carbocycles. The summed E-state index contributed by atoms with van der Waals surface area (Å²) in [6.45, 7) is 1.85. The quantitative estimate of drug-likeness (QED) is 0.901. The van der Waals surface area contributed by atoms with Gasteiger partial charge in [-0.1, -0.05) is 18.2 Å². The summed E-state index contributed by atoms with van der Waals surface area (Å²) in [6, 6.07) is 12.0. The Hall–Kier alpha value is -1.87. The number of benzene rings is 2. The molecule has 94 valence electrons. The van der Waals surface area contributed by atoms with Crippen molar-refractivity contribution in [1.82, 2.24) is 0 Å². The van der Waals surface area contributed by atoms with Gasteiger partial charge in [0.25, 0.3) is 0 Å². The van der Waals surface area contributed by atoms with Gasteiger partial charge in [-0.2, -0.15) is 0 Å². The molecule has 0 radical (unpaired) electrons. The zero-order valence-corrected chi connectivity index (χ0v) is 10.5. The Labute approximate surface area is 106 Å². The summed E-state index contributed by atoms with van der Waals surface area (Å²) >= 11 is 0. The second-order valence-electron chi connectivity index (χ2n) is 4.31. The number of halogens is 1. The first kappa shape index (κ1) is 12.6. The first-order valence-electron chi connectivity index (χ1n) is 5.77. The minimum atomic E-state index is -0.328. The standard InChI is InChI=1S/C15H16FNO/c1-10-7-12(9-13(16)8-10)15(17)11-3-5-14(18-2)6-4-11/h3-9,15H,17H2,1-2H3. The second kappa shape index (κ2) is 5.19. The first-order valence-corrected chi connectivity index (χ1v) is 5.77. The number of aryl methyl sites for hydroxylation is 1.